The summed E-state index contributed by atoms with van der Waals surface area (Å²) in [6.07, 6.45) is 17.7. The summed E-state index contributed by atoms with van der Waals surface area (Å²) in [5, 5.41) is 0. The molecule has 0 saturated heterocycles. The SMILES string of the molecule is CCCCCCCCCCC1CC(C)CC(C)C1. The Morgan fingerprint density at radius 2 is 1.17 bits per heavy atom. The molecule has 0 heteroatoms. The van der Waals surface area contributed by atoms with Crippen molar-refractivity contribution in [3.63, 3.8) is 0 Å². The van der Waals surface area contributed by atoms with E-state index in [-0.39, 0.29) is 0 Å². The summed E-state index contributed by atoms with van der Waals surface area (Å²) >= 11 is 0. The fraction of sp³-hybridized carbons (Fsp3) is 1.00. The van der Waals surface area contributed by atoms with Gasteiger partial charge in [-0.25, -0.2) is 0 Å². The van der Waals surface area contributed by atoms with Gasteiger partial charge in [-0.05, 0) is 37.0 Å². The molecule has 0 N–H and O–H groups in total. The first-order valence-electron chi connectivity index (χ1n) is 8.72. The molecule has 0 aliphatic heterocycles. The fourth-order valence-corrected chi connectivity index (χ4v) is 3.92. The van der Waals surface area contributed by atoms with Crippen molar-refractivity contribution < 1.29 is 0 Å². The highest BCUT2D eigenvalue weighted by Crippen LogP contribution is 2.35. The van der Waals surface area contributed by atoms with E-state index in [2.05, 4.69) is 20.8 Å². The lowest BCUT2D eigenvalue weighted by Gasteiger charge is -2.31. The lowest BCUT2D eigenvalue weighted by molar-refractivity contribution is 0.206. The highest BCUT2D eigenvalue weighted by molar-refractivity contribution is 4.74. The quantitative estimate of drug-likeness (QED) is 0.406. The van der Waals surface area contributed by atoms with Crippen LogP contribution in [0.5, 0.6) is 0 Å². The molecule has 0 aromatic carbocycles. The highest BCUT2D eigenvalue weighted by Gasteiger charge is 2.23. The molecule has 1 fully saturated rings. The summed E-state index contributed by atoms with van der Waals surface area (Å²) in [4.78, 5) is 0. The molecule has 0 radical (unpaired) electrons. The second-order valence-electron chi connectivity index (χ2n) is 7.05. The maximum Gasteiger partial charge on any atom is -0.0409 e. The van der Waals surface area contributed by atoms with Crippen molar-refractivity contribution in [2.75, 3.05) is 0 Å². The van der Waals surface area contributed by atoms with Crippen LogP contribution in [0.15, 0.2) is 0 Å². The molecule has 18 heavy (non-hydrogen) atoms. The minimum Gasteiger partial charge on any atom is -0.0654 e. The smallest absolute Gasteiger partial charge is 0.0409 e. The van der Waals surface area contributed by atoms with Gasteiger partial charge in [0.25, 0.3) is 0 Å². The third-order valence-electron chi connectivity index (χ3n) is 4.74. The summed E-state index contributed by atoms with van der Waals surface area (Å²) in [6, 6.07) is 0. The van der Waals surface area contributed by atoms with Gasteiger partial charge >= 0.3 is 0 Å². The van der Waals surface area contributed by atoms with Gasteiger partial charge in [-0.3, -0.25) is 0 Å². The van der Waals surface area contributed by atoms with Crippen LogP contribution in [0.3, 0.4) is 0 Å². The molecule has 1 aliphatic rings. The first-order chi connectivity index (χ1) is 8.72. The number of unbranched alkanes of at least 4 members (excludes halogenated alkanes) is 7. The largest absolute Gasteiger partial charge is 0.0654 e. The molecular weight excluding hydrogens is 216 g/mol. The minimum atomic E-state index is 0.993. The molecule has 0 heterocycles. The van der Waals surface area contributed by atoms with Crippen molar-refractivity contribution in [3.8, 4) is 0 Å². The van der Waals surface area contributed by atoms with Crippen molar-refractivity contribution >= 4 is 0 Å². The van der Waals surface area contributed by atoms with E-state index in [9.17, 15) is 0 Å². The summed E-state index contributed by atoms with van der Waals surface area (Å²) in [6.45, 7) is 7.21. The van der Waals surface area contributed by atoms with E-state index in [1.807, 2.05) is 0 Å². The highest BCUT2D eigenvalue weighted by atomic mass is 14.3. The third kappa shape index (κ3) is 7.44. The minimum absolute atomic E-state index is 0.993. The monoisotopic (exact) mass is 252 g/mol. The summed E-state index contributed by atoms with van der Waals surface area (Å²) in [5.41, 5.74) is 0. The van der Waals surface area contributed by atoms with E-state index in [4.69, 9.17) is 0 Å². The Bertz CT molecular complexity index is 174. The van der Waals surface area contributed by atoms with Gasteiger partial charge in [-0.1, -0.05) is 78.6 Å². The molecule has 2 atom stereocenters. The molecule has 1 rings (SSSR count). The second-order valence-corrected chi connectivity index (χ2v) is 7.05. The lowest BCUT2D eigenvalue weighted by Crippen LogP contribution is -2.19. The molecule has 1 saturated carbocycles. The molecule has 0 amide bonds. The molecule has 0 bridgehead atoms. The normalized spacial score (nSPS) is 28.5. The van der Waals surface area contributed by atoms with Crippen molar-refractivity contribution in [2.45, 2.75) is 97.8 Å². The predicted molar refractivity (Wildman–Crippen MR) is 82.9 cm³/mol. The van der Waals surface area contributed by atoms with Gasteiger partial charge in [0.15, 0.2) is 0 Å². The molecule has 108 valence electrons. The number of rotatable bonds is 9. The first kappa shape index (κ1) is 16.1. The van der Waals surface area contributed by atoms with Crippen LogP contribution in [-0.4, -0.2) is 0 Å². The maximum atomic E-state index is 2.45. The average Bonchev–Trinajstić information content (AvgIpc) is 2.31. The zero-order valence-electron chi connectivity index (χ0n) is 13.2. The Hall–Kier alpha value is 0. The standard InChI is InChI=1S/C18H36/c1-4-5-6-7-8-9-10-11-12-18-14-16(2)13-17(3)15-18/h16-18H,4-15H2,1-3H3. The lowest BCUT2D eigenvalue weighted by atomic mass is 9.75. The van der Waals surface area contributed by atoms with E-state index in [1.165, 1.54) is 77.0 Å². The Labute approximate surface area is 116 Å². The summed E-state index contributed by atoms with van der Waals surface area (Å²) in [7, 11) is 0. The van der Waals surface area contributed by atoms with Crippen LogP contribution in [0.1, 0.15) is 97.8 Å². The van der Waals surface area contributed by atoms with Crippen LogP contribution in [0.4, 0.5) is 0 Å². The van der Waals surface area contributed by atoms with E-state index in [0.717, 1.165) is 17.8 Å². The summed E-state index contributed by atoms with van der Waals surface area (Å²) < 4.78 is 0. The van der Waals surface area contributed by atoms with Crippen LogP contribution in [0, 0.1) is 17.8 Å². The van der Waals surface area contributed by atoms with E-state index < -0.39 is 0 Å². The van der Waals surface area contributed by atoms with E-state index in [1.54, 1.807) is 0 Å². The Balaban J connectivity index is 1.91. The van der Waals surface area contributed by atoms with Crippen molar-refractivity contribution in [3.05, 3.63) is 0 Å². The predicted octanol–water partition coefficient (Wildman–Crippen LogP) is 6.59. The summed E-state index contributed by atoms with van der Waals surface area (Å²) in [5.74, 6) is 3.05. The zero-order valence-corrected chi connectivity index (χ0v) is 13.2. The Morgan fingerprint density at radius 3 is 1.72 bits per heavy atom. The van der Waals surface area contributed by atoms with Crippen LogP contribution < -0.4 is 0 Å². The van der Waals surface area contributed by atoms with Gasteiger partial charge in [0.1, 0.15) is 0 Å². The van der Waals surface area contributed by atoms with Gasteiger partial charge in [0.05, 0.1) is 0 Å². The Morgan fingerprint density at radius 1 is 0.667 bits per heavy atom. The molecule has 0 aromatic heterocycles. The van der Waals surface area contributed by atoms with Gasteiger partial charge in [-0.2, -0.15) is 0 Å². The molecule has 0 spiro atoms. The van der Waals surface area contributed by atoms with Gasteiger partial charge in [0.2, 0.25) is 0 Å². The number of hydrogen-bond donors (Lipinski definition) is 0. The Kier molecular flexibility index (Phi) is 8.80. The van der Waals surface area contributed by atoms with Crippen LogP contribution in [0.2, 0.25) is 0 Å². The van der Waals surface area contributed by atoms with Gasteiger partial charge < -0.3 is 0 Å². The van der Waals surface area contributed by atoms with Crippen molar-refractivity contribution in [1.29, 1.82) is 0 Å². The van der Waals surface area contributed by atoms with Gasteiger partial charge in [-0.15, -0.1) is 0 Å². The molecule has 1 aliphatic carbocycles. The second kappa shape index (κ2) is 9.87. The average molecular weight is 252 g/mol. The topological polar surface area (TPSA) is 0 Å². The first-order valence-corrected chi connectivity index (χ1v) is 8.72. The zero-order chi connectivity index (χ0) is 13.2. The van der Waals surface area contributed by atoms with Crippen LogP contribution in [0.25, 0.3) is 0 Å². The number of hydrogen-bond acceptors (Lipinski definition) is 0. The van der Waals surface area contributed by atoms with Crippen molar-refractivity contribution in [1.82, 2.24) is 0 Å². The van der Waals surface area contributed by atoms with E-state index >= 15 is 0 Å². The molecule has 0 nitrogen and oxygen atoms in total. The maximum absolute atomic E-state index is 2.45. The van der Waals surface area contributed by atoms with Crippen LogP contribution >= 0.6 is 0 Å². The van der Waals surface area contributed by atoms with E-state index in [0.29, 0.717) is 0 Å². The van der Waals surface area contributed by atoms with Crippen LogP contribution in [-0.2, 0) is 0 Å². The third-order valence-corrected chi connectivity index (χ3v) is 4.74. The molecule has 2 unspecified atom stereocenters. The van der Waals surface area contributed by atoms with Gasteiger partial charge in [0, 0.05) is 0 Å². The van der Waals surface area contributed by atoms with Crippen molar-refractivity contribution in [2.24, 2.45) is 17.8 Å². The molecular formula is C18H36. The fourth-order valence-electron chi connectivity index (χ4n) is 3.92. The molecule has 0 aromatic rings.